The molecule has 124 valence electrons. The lowest BCUT2D eigenvalue weighted by atomic mass is 10.3. The molecule has 0 radical (unpaired) electrons. The van der Waals surface area contributed by atoms with Crippen molar-refractivity contribution < 1.29 is 14.3 Å². The third-order valence-electron chi connectivity index (χ3n) is 3.05. The molecule has 0 aliphatic heterocycles. The fraction of sp³-hybridized carbons (Fsp3) is 0.438. The Balaban J connectivity index is 2.04. The van der Waals surface area contributed by atoms with Crippen LogP contribution in [0.15, 0.2) is 24.5 Å². The molecule has 0 aliphatic carbocycles. The second-order valence-electron chi connectivity index (χ2n) is 4.73. The Hall–Kier alpha value is -1.83. The molecule has 0 bridgehead atoms. The third kappa shape index (κ3) is 4.82. The summed E-state index contributed by atoms with van der Waals surface area (Å²) in [6, 6.07) is 3.77. The van der Waals surface area contributed by atoms with Crippen LogP contribution in [-0.4, -0.2) is 41.9 Å². The molecule has 0 aromatic carbocycles. The van der Waals surface area contributed by atoms with Crippen LogP contribution < -0.4 is 5.32 Å². The largest absolute Gasteiger partial charge is 0.351 e. The van der Waals surface area contributed by atoms with E-state index in [2.05, 4.69) is 15.3 Å². The highest BCUT2D eigenvalue weighted by molar-refractivity contribution is 7.17. The van der Waals surface area contributed by atoms with E-state index in [0.29, 0.717) is 30.3 Å². The molecule has 2 aromatic rings. The van der Waals surface area contributed by atoms with Crippen molar-refractivity contribution >= 4 is 17.2 Å². The van der Waals surface area contributed by atoms with Gasteiger partial charge in [0.15, 0.2) is 6.29 Å². The first-order valence-corrected chi connectivity index (χ1v) is 8.36. The van der Waals surface area contributed by atoms with Crippen molar-refractivity contribution in [2.45, 2.75) is 27.1 Å². The van der Waals surface area contributed by atoms with Crippen molar-refractivity contribution in [3.05, 3.63) is 35.1 Å². The highest BCUT2D eigenvalue weighted by atomic mass is 32.1. The molecule has 0 saturated heterocycles. The average Bonchev–Trinajstić information content (AvgIpc) is 2.95. The first-order chi connectivity index (χ1) is 11.2. The summed E-state index contributed by atoms with van der Waals surface area (Å²) in [6.45, 7) is 6.98. The van der Waals surface area contributed by atoms with Gasteiger partial charge in [-0.3, -0.25) is 9.78 Å². The number of amides is 1. The minimum Gasteiger partial charge on any atom is -0.351 e. The zero-order chi connectivity index (χ0) is 16.7. The number of nitrogens with one attached hydrogen (secondary N) is 1. The van der Waals surface area contributed by atoms with Crippen LogP contribution in [0.4, 0.5) is 0 Å². The highest BCUT2D eigenvalue weighted by Gasteiger charge is 2.18. The van der Waals surface area contributed by atoms with Crippen LogP contribution in [0.1, 0.15) is 29.2 Å². The summed E-state index contributed by atoms with van der Waals surface area (Å²) in [4.78, 5) is 21.5. The Kier molecular flexibility index (Phi) is 6.64. The second kappa shape index (κ2) is 8.71. The lowest BCUT2D eigenvalue weighted by Gasteiger charge is -2.17. The van der Waals surface area contributed by atoms with Gasteiger partial charge in [-0.2, -0.15) is 0 Å². The Morgan fingerprint density at radius 1 is 1.35 bits per heavy atom. The number of pyridine rings is 1. The number of rotatable bonds is 8. The molecule has 1 N–H and O–H groups in total. The topological polar surface area (TPSA) is 73.3 Å². The van der Waals surface area contributed by atoms with Gasteiger partial charge in [0, 0.05) is 31.2 Å². The molecule has 0 fully saturated rings. The van der Waals surface area contributed by atoms with E-state index in [4.69, 9.17) is 9.47 Å². The van der Waals surface area contributed by atoms with Crippen LogP contribution >= 0.6 is 11.3 Å². The standard InChI is InChI=1S/C16H21N3O3S/c1-4-21-13(22-5-2)10-18-15(20)14-11(3)19-16(23-14)12-7-6-8-17-9-12/h6-9,13H,4-5,10H2,1-3H3,(H,18,20). The SMILES string of the molecule is CCOC(CNC(=O)c1sc(-c2cccnc2)nc1C)OCC. The summed E-state index contributed by atoms with van der Waals surface area (Å²) in [7, 11) is 0. The van der Waals surface area contributed by atoms with Crippen LogP contribution in [0.25, 0.3) is 10.6 Å². The lowest BCUT2D eigenvalue weighted by Crippen LogP contribution is -2.35. The van der Waals surface area contributed by atoms with E-state index in [0.717, 1.165) is 10.6 Å². The summed E-state index contributed by atoms with van der Waals surface area (Å²) in [5.74, 6) is -0.167. The zero-order valence-corrected chi connectivity index (χ0v) is 14.4. The van der Waals surface area contributed by atoms with Gasteiger partial charge in [-0.05, 0) is 32.9 Å². The van der Waals surface area contributed by atoms with E-state index >= 15 is 0 Å². The van der Waals surface area contributed by atoms with E-state index in [1.807, 2.05) is 32.9 Å². The molecular weight excluding hydrogens is 314 g/mol. The van der Waals surface area contributed by atoms with Gasteiger partial charge in [0.2, 0.25) is 0 Å². The van der Waals surface area contributed by atoms with Crippen molar-refractivity contribution in [2.75, 3.05) is 19.8 Å². The van der Waals surface area contributed by atoms with Crippen LogP contribution in [0.3, 0.4) is 0 Å². The Morgan fingerprint density at radius 3 is 2.70 bits per heavy atom. The molecule has 0 saturated carbocycles. The zero-order valence-electron chi connectivity index (χ0n) is 13.5. The molecule has 0 unspecified atom stereocenters. The van der Waals surface area contributed by atoms with E-state index < -0.39 is 6.29 Å². The summed E-state index contributed by atoms with van der Waals surface area (Å²) < 4.78 is 10.8. The van der Waals surface area contributed by atoms with Crippen molar-refractivity contribution in [1.82, 2.24) is 15.3 Å². The third-order valence-corrected chi connectivity index (χ3v) is 4.25. The number of hydrogen-bond acceptors (Lipinski definition) is 6. The summed E-state index contributed by atoms with van der Waals surface area (Å²) in [5, 5.41) is 3.62. The van der Waals surface area contributed by atoms with Crippen LogP contribution in [0.5, 0.6) is 0 Å². The Bertz CT molecular complexity index is 625. The molecule has 2 aromatic heterocycles. The Labute approximate surface area is 139 Å². The normalized spacial score (nSPS) is 11.0. The van der Waals surface area contributed by atoms with Crippen molar-refractivity contribution in [3.8, 4) is 10.6 Å². The number of carbonyl (C=O) groups is 1. The van der Waals surface area contributed by atoms with Crippen LogP contribution in [0, 0.1) is 6.92 Å². The van der Waals surface area contributed by atoms with Gasteiger partial charge in [0.05, 0.1) is 12.2 Å². The molecule has 6 nitrogen and oxygen atoms in total. The smallest absolute Gasteiger partial charge is 0.263 e. The summed E-state index contributed by atoms with van der Waals surface area (Å²) in [6.07, 6.45) is 3.01. The van der Waals surface area contributed by atoms with Crippen molar-refractivity contribution in [3.63, 3.8) is 0 Å². The Morgan fingerprint density at radius 2 is 2.09 bits per heavy atom. The maximum atomic E-state index is 12.4. The van der Waals surface area contributed by atoms with E-state index in [1.165, 1.54) is 11.3 Å². The molecule has 0 atom stereocenters. The minimum absolute atomic E-state index is 0.167. The van der Waals surface area contributed by atoms with Gasteiger partial charge in [-0.15, -0.1) is 11.3 Å². The highest BCUT2D eigenvalue weighted by Crippen LogP contribution is 2.27. The van der Waals surface area contributed by atoms with Gasteiger partial charge >= 0.3 is 0 Å². The molecule has 2 heterocycles. The predicted octanol–water partition coefficient (Wildman–Crippen LogP) is 2.64. The van der Waals surface area contributed by atoms with E-state index in [-0.39, 0.29) is 5.91 Å². The second-order valence-corrected chi connectivity index (χ2v) is 5.72. The number of nitrogens with zero attached hydrogens (tertiary/aromatic N) is 2. The van der Waals surface area contributed by atoms with E-state index in [1.54, 1.807) is 12.4 Å². The average molecular weight is 335 g/mol. The molecule has 0 spiro atoms. The van der Waals surface area contributed by atoms with Crippen molar-refractivity contribution in [1.29, 1.82) is 0 Å². The number of aryl methyl sites for hydroxylation is 1. The molecule has 2 rings (SSSR count). The van der Waals surface area contributed by atoms with Crippen molar-refractivity contribution in [2.24, 2.45) is 0 Å². The van der Waals surface area contributed by atoms with Gasteiger partial charge in [-0.25, -0.2) is 4.98 Å². The molecular formula is C16H21N3O3S. The van der Waals surface area contributed by atoms with Gasteiger partial charge < -0.3 is 14.8 Å². The maximum Gasteiger partial charge on any atom is 0.263 e. The quantitative estimate of drug-likeness (QED) is 0.751. The first kappa shape index (κ1) is 17.5. The van der Waals surface area contributed by atoms with Crippen LogP contribution in [-0.2, 0) is 9.47 Å². The number of ether oxygens (including phenoxy) is 2. The fourth-order valence-corrected chi connectivity index (χ4v) is 2.99. The molecule has 23 heavy (non-hydrogen) atoms. The number of hydrogen-bond donors (Lipinski definition) is 1. The van der Waals surface area contributed by atoms with E-state index in [9.17, 15) is 4.79 Å². The maximum absolute atomic E-state index is 12.4. The molecule has 7 heteroatoms. The van der Waals surface area contributed by atoms with Gasteiger partial charge in [0.1, 0.15) is 9.88 Å². The monoisotopic (exact) mass is 335 g/mol. The summed E-state index contributed by atoms with van der Waals surface area (Å²) in [5.41, 5.74) is 1.61. The fourth-order valence-electron chi connectivity index (χ4n) is 2.01. The van der Waals surface area contributed by atoms with Gasteiger partial charge in [-0.1, -0.05) is 0 Å². The molecule has 0 aliphatic rings. The van der Waals surface area contributed by atoms with Crippen LogP contribution in [0.2, 0.25) is 0 Å². The number of thiazole rings is 1. The molecule has 1 amide bonds. The lowest BCUT2D eigenvalue weighted by molar-refractivity contribution is -0.131. The van der Waals surface area contributed by atoms with Gasteiger partial charge in [0.25, 0.3) is 5.91 Å². The minimum atomic E-state index is -0.431. The first-order valence-electron chi connectivity index (χ1n) is 7.54. The summed E-state index contributed by atoms with van der Waals surface area (Å²) >= 11 is 1.35. The predicted molar refractivity (Wildman–Crippen MR) is 89.5 cm³/mol. The number of aromatic nitrogens is 2. The number of carbonyl (C=O) groups excluding carboxylic acids is 1.